The Kier molecular flexibility index (Phi) is 2.56. The zero-order chi connectivity index (χ0) is 12.7. The fourth-order valence-electron chi connectivity index (χ4n) is 2.26. The maximum absolute atomic E-state index is 12.1. The number of nitrogens with zero attached hydrogens (tertiary/aromatic N) is 1. The van der Waals surface area contributed by atoms with Crippen LogP contribution in [0.2, 0.25) is 0 Å². The van der Waals surface area contributed by atoms with E-state index in [1.165, 1.54) is 4.57 Å². The Hall–Kier alpha value is -1.88. The number of hydrogen-bond acceptors (Lipinski definition) is 4. The van der Waals surface area contributed by atoms with Crippen molar-refractivity contribution in [2.75, 3.05) is 6.61 Å². The molecule has 1 fully saturated rings. The standard InChI is InChI=1S/C13H13NO4/c1-14-9-5-4-8(7-11(9)18-13(14)16)12(15)10-3-2-6-17-10/h4-5,7,10H,2-3,6H2,1H3. The lowest BCUT2D eigenvalue weighted by Gasteiger charge is -2.07. The minimum Gasteiger partial charge on any atom is -0.408 e. The van der Waals surface area contributed by atoms with Crippen molar-refractivity contribution in [1.82, 2.24) is 4.57 Å². The van der Waals surface area contributed by atoms with Gasteiger partial charge in [-0.05, 0) is 31.0 Å². The van der Waals surface area contributed by atoms with Crippen molar-refractivity contribution in [3.63, 3.8) is 0 Å². The third kappa shape index (κ3) is 1.67. The zero-order valence-corrected chi connectivity index (χ0v) is 10.0. The van der Waals surface area contributed by atoms with Crippen molar-refractivity contribution in [2.24, 2.45) is 7.05 Å². The van der Waals surface area contributed by atoms with E-state index in [9.17, 15) is 9.59 Å². The first-order valence-corrected chi connectivity index (χ1v) is 5.92. The molecule has 3 rings (SSSR count). The van der Waals surface area contributed by atoms with Crippen LogP contribution in [0, 0.1) is 0 Å². The van der Waals surface area contributed by atoms with Crippen LogP contribution >= 0.6 is 0 Å². The summed E-state index contributed by atoms with van der Waals surface area (Å²) >= 11 is 0. The minimum absolute atomic E-state index is 0.0408. The van der Waals surface area contributed by atoms with E-state index in [4.69, 9.17) is 9.15 Å². The number of rotatable bonds is 2. The number of ketones is 1. The minimum atomic E-state index is -0.424. The molecule has 0 radical (unpaired) electrons. The fourth-order valence-corrected chi connectivity index (χ4v) is 2.26. The maximum Gasteiger partial charge on any atom is 0.419 e. The van der Waals surface area contributed by atoms with Crippen molar-refractivity contribution in [3.05, 3.63) is 34.3 Å². The van der Waals surface area contributed by atoms with Gasteiger partial charge in [0.1, 0.15) is 6.10 Å². The highest BCUT2D eigenvalue weighted by molar-refractivity contribution is 6.01. The van der Waals surface area contributed by atoms with Crippen molar-refractivity contribution in [3.8, 4) is 0 Å². The predicted octanol–water partition coefficient (Wildman–Crippen LogP) is 1.49. The molecule has 5 heteroatoms. The number of aromatic nitrogens is 1. The van der Waals surface area contributed by atoms with Crippen molar-refractivity contribution in [2.45, 2.75) is 18.9 Å². The predicted molar refractivity (Wildman–Crippen MR) is 64.8 cm³/mol. The zero-order valence-electron chi connectivity index (χ0n) is 10.0. The Morgan fingerprint density at radius 1 is 1.44 bits per heavy atom. The molecule has 5 nitrogen and oxygen atoms in total. The molecule has 1 aromatic heterocycles. The maximum atomic E-state index is 12.1. The van der Waals surface area contributed by atoms with E-state index in [1.54, 1.807) is 25.2 Å². The third-order valence-corrected chi connectivity index (χ3v) is 3.30. The van der Waals surface area contributed by atoms with Gasteiger partial charge in [0, 0.05) is 19.2 Å². The smallest absolute Gasteiger partial charge is 0.408 e. The van der Waals surface area contributed by atoms with Gasteiger partial charge in [-0.1, -0.05) is 0 Å². The Balaban J connectivity index is 2.02. The summed E-state index contributed by atoms with van der Waals surface area (Å²) in [5.41, 5.74) is 1.65. The lowest BCUT2D eigenvalue weighted by molar-refractivity contribution is 0.0643. The molecular formula is C13H13NO4. The van der Waals surface area contributed by atoms with Crippen LogP contribution in [0.1, 0.15) is 23.2 Å². The molecule has 18 heavy (non-hydrogen) atoms. The highest BCUT2D eigenvalue weighted by atomic mass is 16.5. The second-order valence-electron chi connectivity index (χ2n) is 4.48. The fraction of sp³-hybridized carbons (Fsp3) is 0.385. The highest BCUT2D eigenvalue weighted by Gasteiger charge is 2.25. The van der Waals surface area contributed by atoms with Crippen LogP contribution < -0.4 is 5.76 Å². The van der Waals surface area contributed by atoms with Gasteiger partial charge in [-0.3, -0.25) is 9.36 Å². The molecule has 0 amide bonds. The second-order valence-corrected chi connectivity index (χ2v) is 4.48. The van der Waals surface area contributed by atoms with E-state index in [2.05, 4.69) is 0 Å². The number of fused-ring (bicyclic) bond motifs is 1. The van der Waals surface area contributed by atoms with Crippen LogP contribution in [-0.2, 0) is 11.8 Å². The van der Waals surface area contributed by atoms with Crippen LogP contribution in [0.25, 0.3) is 11.1 Å². The van der Waals surface area contributed by atoms with Gasteiger partial charge >= 0.3 is 5.76 Å². The summed E-state index contributed by atoms with van der Waals surface area (Å²) in [5, 5.41) is 0. The molecule has 1 aromatic carbocycles. The van der Waals surface area contributed by atoms with E-state index < -0.39 is 5.76 Å². The van der Waals surface area contributed by atoms with E-state index in [-0.39, 0.29) is 11.9 Å². The average Bonchev–Trinajstić information content (AvgIpc) is 2.98. The summed E-state index contributed by atoms with van der Waals surface area (Å²) in [6.45, 7) is 0.638. The molecule has 0 saturated carbocycles. The molecule has 1 saturated heterocycles. The molecule has 0 aliphatic carbocycles. The molecule has 0 N–H and O–H groups in total. The molecule has 1 aliphatic rings. The largest absolute Gasteiger partial charge is 0.419 e. The Labute approximate surface area is 103 Å². The Morgan fingerprint density at radius 2 is 2.28 bits per heavy atom. The molecule has 1 aliphatic heterocycles. The monoisotopic (exact) mass is 247 g/mol. The lowest BCUT2D eigenvalue weighted by atomic mass is 10.0. The van der Waals surface area contributed by atoms with Crippen LogP contribution in [-0.4, -0.2) is 23.1 Å². The summed E-state index contributed by atoms with van der Waals surface area (Å²) in [4.78, 5) is 23.5. The van der Waals surface area contributed by atoms with Crippen molar-refractivity contribution in [1.29, 1.82) is 0 Å². The lowest BCUT2D eigenvalue weighted by Crippen LogP contribution is -2.19. The number of hydrogen-bond donors (Lipinski definition) is 0. The van der Waals surface area contributed by atoms with Gasteiger partial charge in [-0.15, -0.1) is 0 Å². The molecule has 2 aromatic rings. The number of carbonyl (C=O) groups excluding carboxylic acids is 1. The molecule has 2 heterocycles. The van der Waals surface area contributed by atoms with E-state index in [1.807, 2.05) is 0 Å². The first-order valence-electron chi connectivity index (χ1n) is 5.92. The number of carbonyl (C=O) groups is 1. The first-order chi connectivity index (χ1) is 8.66. The molecule has 1 unspecified atom stereocenters. The quantitative estimate of drug-likeness (QED) is 0.754. The van der Waals surface area contributed by atoms with Gasteiger partial charge in [-0.25, -0.2) is 4.79 Å². The normalized spacial score (nSPS) is 19.5. The van der Waals surface area contributed by atoms with Crippen LogP contribution in [0.4, 0.5) is 0 Å². The highest BCUT2D eigenvalue weighted by Crippen LogP contribution is 2.20. The van der Waals surface area contributed by atoms with Gasteiger partial charge in [-0.2, -0.15) is 0 Å². The van der Waals surface area contributed by atoms with Gasteiger partial charge in [0.2, 0.25) is 0 Å². The molecular weight excluding hydrogens is 234 g/mol. The SMILES string of the molecule is Cn1c(=O)oc2cc(C(=O)C3CCCO3)ccc21. The van der Waals surface area contributed by atoms with Gasteiger partial charge in [0.15, 0.2) is 11.4 Å². The first kappa shape index (κ1) is 11.2. The van der Waals surface area contributed by atoms with E-state index in [0.717, 1.165) is 12.8 Å². The van der Waals surface area contributed by atoms with E-state index >= 15 is 0 Å². The summed E-state index contributed by atoms with van der Waals surface area (Å²) < 4.78 is 11.8. The number of ether oxygens (including phenoxy) is 1. The Bertz CT molecular complexity index is 661. The summed E-state index contributed by atoms with van der Waals surface area (Å²) in [6, 6.07) is 5.05. The molecule has 0 spiro atoms. The van der Waals surface area contributed by atoms with Crippen molar-refractivity contribution < 1.29 is 13.9 Å². The van der Waals surface area contributed by atoms with Gasteiger partial charge < -0.3 is 9.15 Å². The van der Waals surface area contributed by atoms with Crippen LogP contribution in [0.5, 0.6) is 0 Å². The molecule has 0 bridgehead atoms. The average molecular weight is 247 g/mol. The van der Waals surface area contributed by atoms with Gasteiger partial charge in [0.05, 0.1) is 5.52 Å². The number of aryl methyl sites for hydroxylation is 1. The van der Waals surface area contributed by atoms with Gasteiger partial charge in [0.25, 0.3) is 0 Å². The van der Waals surface area contributed by atoms with Crippen LogP contribution in [0.15, 0.2) is 27.4 Å². The topological polar surface area (TPSA) is 61.4 Å². The number of Topliss-reactive ketones (excluding diaryl/α,β-unsaturated/α-hetero) is 1. The summed E-state index contributed by atoms with van der Waals surface area (Å²) in [6.07, 6.45) is 1.33. The number of oxazole rings is 1. The number of benzene rings is 1. The molecule has 1 atom stereocenters. The van der Waals surface area contributed by atoms with E-state index in [0.29, 0.717) is 23.3 Å². The summed E-state index contributed by atoms with van der Waals surface area (Å²) in [5.74, 6) is -0.465. The molecule has 94 valence electrons. The van der Waals surface area contributed by atoms with Crippen LogP contribution in [0.3, 0.4) is 0 Å². The van der Waals surface area contributed by atoms with Crippen molar-refractivity contribution >= 4 is 16.9 Å². The summed E-state index contributed by atoms with van der Waals surface area (Å²) in [7, 11) is 1.63. The third-order valence-electron chi connectivity index (χ3n) is 3.30. The Morgan fingerprint density at radius 3 is 3.00 bits per heavy atom. The second kappa shape index (κ2) is 4.10.